The molecule has 2 aliphatic rings. The van der Waals surface area contributed by atoms with Crippen LogP contribution in [0, 0.1) is 0 Å². The maximum Gasteiger partial charge on any atom is 0.261 e. The molecule has 0 amide bonds. The highest BCUT2D eigenvalue weighted by atomic mass is 28.4. The minimum absolute atomic E-state index is 0.0785. The van der Waals surface area contributed by atoms with E-state index in [1.165, 1.54) is 10.4 Å². The first-order valence-corrected chi connectivity index (χ1v) is 12.5. The van der Waals surface area contributed by atoms with Crippen LogP contribution in [0.5, 0.6) is 0 Å². The Morgan fingerprint density at radius 3 is 2.14 bits per heavy atom. The number of fused-ring (bicyclic) bond motifs is 1. The molecule has 2 atom stereocenters. The average Bonchev–Trinajstić information content (AvgIpc) is 3.17. The summed E-state index contributed by atoms with van der Waals surface area (Å²) in [6.07, 6.45) is 0.649. The monoisotopic (exact) mass is 409 g/mol. The summed E-state index contributed by atoms with van der Waals surface area (Å²) >= 11 is 0. The van der Waals surface area contributed by atoms with Crippen LogP contribution in [0.25, 0.3) is 0 Å². The molecule has 0 radical (unpaired) electrons. The Bertz CT molecular complexity index is 824. The minimum atomic E-state index is -2.62. The summed E-state index contributed by atoms with van der Waals surface area (Å²) in [6.45, 7) is 13.1. The number of hydrogen-bond acceptors (Lipinski definition) is 2. The molecule has 2 aliphatic heterocycles. The lowest BCUT2D eigenvalue weighted by Gasteiger charge is -2.45. The molecule has 4 heteroatoms. The average molecular weight is 410 g/mol. The molecule has 154 valence electrons. The highest BCUT2D eigenvalue weighted by molar-refractivity contribution is 6.99. The topological polar surface area (TPSA) is 12.5 Å². The van der Waals surface area contributed by atoms with Crippen molar-refractivity contribution in [3.05, 3.63) is 72.8 Å². The van der Waals surface area contributed by atoms with Crippen molar-refractivity contribution in [3.8, 4) is 0 Å². The fourth-order valence-corrected chi connectivity index (χ4v) is 10.0. The number of alkyl halides is 1. The number of halogens is 1. The van der Waals surface area contributed by atoms with Crippen molar-refractivity contribution in [2.24, 2.45) is 0 Å². The van der Waals surface area contributed by atoms with E-state index >= 15 is 0 Å². The largest absolute Gasteiger partial charge is 0.405 e. The van der Waals surface area contributed by atoms with Gasteiger partial charge < -0.3 is 4.43 Å². The van der Waals surface area contributed by atoms with Crippen molar-refractivity contribution in [1.82, 2.24) is 4.90 Å². The first-order chi connectivity index (χ1) is 13.8. The van der Waals surface area contributed by atoms with E-state index in [-0.39, 0.29) is 10.6 Å². The van der Waals surface area contributed by atoms with Crippen molar-refractivity contribution >= 4 is 18.7 Å². The Kier molecular flexibility index (Phi) is 5.30. The molecule has 4 rings (SSSR count). The van der Waals surface area contributed by atoms with Gasteiger partial charge in [0.2, 0.25) is 0 Å². The van der Waals surface area contributed by atoms with Crippen LogP contribution in [-0.4, -0.2) is 44.6 Å². The van der Waals surface area contributed by atoms with Crippen LogP contribution < -0.4 is 10.4 Å². The van der Waals surface area contributed by atoms with Gasteiger partial charge >= 0.3 is 0 Å². The highest BCUT2D eigenvalue weighted by Gasteiger charge is 2.55. The van der Waals surface area contributed by atoms with E-state index in [4.69, 9.17) is 4.43 Å². The first-order valence-electron chi connectivity index (χ1n) is 10.6. The zero-order chi connectivity index (χ0) is 20.7. The van der Waals surface area contributed by atoms with E-state index < -0.39 is 14.5 Å². The van der Waals surface area contributed by atoms with Crippen molar-refractivity contribution in [1.29, 1.82) is 0 Å². The maximum absolute atomic E-state index is 14.4. The summed E-state index contributed by atoms with van der Waals surface area (Å²) in [5.41, 5.74) is 0.780. The number of rotatable bonds is 5. The minimum Gasteiger partial charge on any atom is -0.405 e. The van der Waals surface area contributed by atoms with Gasteiger partial charge in [-0.05, 0) is 21.8 Å². The predicted molar refractivity (Wildman–Crippen MR) is 121 cm³/mol. The third kappa shape index (κ3) is 3.31. The van der Waals surface area contributed by atoms with Crippen LogP contribution in [-0.2, 0) is 4.43 Å². The maximum atomic E-state index is 14.4. The Labute approximate surface area is 175 Å². The van der Waals surface area contributed by atoms with Gasteiger partial charge in [-0.25, -0.2) is 4.39 Å². The lowest BCUT2D eigenvalue weighted by molar-refractivity contribution is 0.131. The van der Waals surface area contributed by atoms with Crippen LogP contribution >= 0.6 is 0 Å². The van der Waals surface area contributed by atoms with E-state index in [0.717, 1.165) is 18.5 Å². The van der Waals surface area contributed by atoms with Crippen molar-refractivity contribution in [2.75, 3.05) is 19.7 Å². The normalized spacial score (nSPS) is 25.4. The van der Waals surface area contributed by atoms with Gasteiger partial charge in [0.25, 0.3) is 8.32 Å². The van der Waals surface area contributed by atoms with E-state index in [9.17, 15) is 4.39 Å². The quantitative estimate of drug-likeness (QED) is 0.539. The van der Waals surface area contributed by atoms with E-state index in [1.807, 2.05) is 0 Å². The molecule has 2 aromatic rings. The zero-order valence-corrected chi connectivity index (χ0v) is 18.8. The Morgan fingerprint density at radius 2 is 1.62 bits per heavy atom. The molecule has 2 nitrogen and oxygen atoms in total. The molecule has 29 heavy (non-hydrogen) atoms. The molecule has 0 bridgehead atoms. The van der Waals surface area contributed by atoms with E-state index in [1.54, 1.807) is 0 Å². The first kappa shape index (κ1) is 20.5. The lowest BCUT2D eigenvalue weighted by atomic mass is 9.90. The summed E-state index contributed by atoms with van der Waals surface area (Å²) in [5, 5.41) is 2.45. The standard InChI is InChI=1S/C25H32FNOSi/c1-20-15-16-27-18-21(26)17-25(20,27)19-28-29(24(2,3)4,22-11-7-5-8-12-22)23-13-9-6-10-14-23/h5-14,21H,1,15-19H2,2-4H3/t21-,25+/m1/s1. The van der Waals surface area contributed by atoms with Gasteiger partial charge in [0.15, 0.2) is 0 Å². The summed E-state index contributed by atoms with van der Waals surface area (Å²) in [6, 6.07) is 21.3. The Hall–Kier alpha value is -1.75. The van der Waals surface area contributed by atoms with Crippen LogP contribution in [0.2, 0.25) is 5.04 Å². The molecule has 0 aliphatic carbocycles. The van der Waals surface area contributed by atoms with Gasteiger partial charge in [0.05, 0.1) is 12.1 Å². The summed E-state index contributed by atoms with van der Waals surface area (Å²) in [4.78, 5) is 2.28. The van der Waals surface area contributed by atoms with Crippen molar-refractivity contribution in [2.45, 2.75) is 50.4 Å². The second-order valence-corrected chi connectivity index (χ2v) is 13.9. The number of hydrogen-bond donors (Lipinski definition) is 0. The molecular weight excluding hydrogens is 377 g/mol. The third-order valence-electron chi connectivity index (χ3n) is 6.87. The highest BCUT2D eigenvalue weighted by Crippen LogP contribution is 2.45. The predicted octanol–water partition coefficient (Wildman–Crippen LogP) is 4.31. The van der Waals surface area contributed by atoms with E-state index in [0.29, 0.717) is 19.6 Å². The van der Waals surface area contributed by atoms with Crippen molar-refractivity contribution < 1.29 is 8.82 Å². The number of benzene rings is 2. The summed E-state index contributed by atoms with van der Waals surface area (Å²) < 4.78 is 21.6. The van der Waals surface area contributed by atoms with Gasteiger partial charge in [0.1, 0.15) is 6.17 Å². The van der Waals surface area contributed by atoms with Crippen LogP contribution in [0.3, 0.4) is 0 Å². The summed E-state index contributed by atoms with van der Waals surface area (Å²) in [7, 11) is -2.62. The Balaban J connectivity index is 1.80. The van der Waals surface area contributed by atoms with Gasteiger partial charge in [-0.3, -0.25) is 4.90 Å². The lowest BCUT2D eigenvalue weighted by Crippen LogP contribution is -2.68. The molecule has 2 fully saturated rings. The zero-order valence-electron chi connectivity index (χ0n) is 17.8. The fraction of sp³-hybridized carbons (Fsp3) is 0.440. The molecule has 0 spiro atoms. The van der Waals surface area contributed by atoms with Crippen LogP contribution in [0.4, 0.5) is 4.39 Å². The summed E-state index contributed by atoms with van der Waals surface area (Å²) in [5.74, 6) is 0. The smallest absolute Gasteiger partial charge is 0.261 e. The second-order valence-electron chi connectivity index (χ2n) is 9.58. The van der Waals surface area contributed by atoms with Gasteiger partial charge in [-0.1, -0.05) is 93.6 Å². The second kappa shape index (κ2) is 7.49. The third-order valence-corrected chi connectivity index (χ3v) is 11.9. The SMILES string of the molecule is C=C1CCN2C[C@H](F)C[C@]12CO[Si](c1ccccc1)(c1ccccc1)C(C)(C)C. The molecule has 2 saturated heterocycles. The van der Waals surface area contributed by atoms with Gasteiger partial charge in [-0.2, -0.15) is 0 Å². The molecule has 2 aromatic carbocycles. The molecular formula is C25H32FNOSi. The molecule has 0 N–H and O–H groups in total. The number of nitrogens with zero attached hydrogens (tertiary/aromatic N) is 1. The van der Waals surface area contributed by atoms with Crippen LogP contribution in [0.15, 0.2) is 72.8 Å². The Morgan fingerprint density at radius 1 is 1.07 bits per heavy atom. The van der Waals surface area contributed by atoms with Gasteiger partial charge in [0, 0.05) is 19.5 Å². The molecule has 0 unspecified atom stereocenters. The molecule has 0 saturated carbocycles. The van der Waals surface area contributed by atoms with Gasteiger partial charge in [-0.15, -0.1) is 0 Å². The van der Waals surface area contributed by atoms with Crippen molar-refractivity contribution in [3.63, 3.8) is 0 Å². The fourth-order valence-electron chi connectivity index (χ4n) is 5.39. The molecule has 0 aromatic heterocycles. The molecule has 2 heterocycles. The van der Waals surface area contributed by atoms with Crippen LogP contribution in [0.1, 0.15) is 33.6 Å². The van der Waals surface area contributed by atoms with E-state index in [2.05, 4.69) is 92.9 Å².